The first-order chi connectivity index (χ1) is 22.6. The Labute approximate surface area is 271 Å². The van der Waals surface area contributed by atoms with E-state index in [4.69, 9.17) is 4.42 Å². The first-order valence-electron chi connectivity index (χ1n) is 16.2. The van der Waals surface area contributed by atoms with E-state index in [1.807, 2.05) is 11.3 Å². The van der Waals surface area contributed by atoms with Crippen LogP contribution in [0.3, 0.4) is 0 Å². The van der Waals surface area contributed by atoms with Crippen molar-refractivity contribution < 1.29 is 4.42 Å². The Morgan fingerprint density at radius 3 is 2.26 bits per heavy atom. The summed E-state index contributed by atoms with van der Waals surface area (Å²) in [5.41, 5.74) is 11.9. The molecule has 0 N–H and O–H groups in total. The number of hydrogen-bond donors (Lipinski definition) is 0. The molecule has 2 nitrogen and oxygen atoms in total. The number of furan rings is 1. The van der Waals surface area contributed by atoms with Crippen molar-refractivity contribution in [2.75, 3.05) is 4.90 Å². The number of fused-ring (bicyclic) bond motifs is 13. The van der Waals surface area contributed by atoms with E-state index in [1.165, 1.54) is 75.7 Å². The second-order valence-corrected chi connectivity index (χ2v) is 14.2. The molecule has 3 heteroatoms. The van der Waals surface area contributed by atoms with Crippen molar-refractivity contribution >= 4 is 77.3 Å². The van der Waals surface area contributed by atoms with Crippen LogP contribution in [0.5, 0.6) is 0 Å². The number of anilines is 3. The van der Waals surface area contributed by atoms with E-state index in [9.17, 15) is 0 Å². The third-order valence-corrected chi connectivity index (χ3v) is 11.5. The Bertz CT molecular complexity index is 2560. The smallest absolute Gasteiger partial charge is 0.144 e. The average molecular weight is 610 g/mol. The lowest BCUT2D eigenvalue weighted by Crippen LogP contribution is -2.16. The molecule has 8 aromatic rings. The fourth-order valence-corrected chi connectivity index (χ4v) is 9.62. The molecule has 0 unspecified atom stereocenters. The van der Waals surface area contributed by atoms with Gasteiger partial charge in [0, 0.05) is 37.9 Å². The highest BCUT2D eigenvalue weighted by Gasteiger charge is 2.42. The Balaban J connectivity index is 1.36. The minimum atomic E-state index is -0.228. The molecule has 0 radical (unpaired) electrons. The lowest BCUT2D eigenvalue weighted by molar-refractivity contribution is 0.657. The van der Waals surface area contributed by atoms with E-state index < -0.39 is 0 Å². The number of rotatable bonds is 3. The zero-order valence-corrected chi connectivity index (χ0v) is 26.6. The van der Waals surface area contributed by atoms with Crippen LogP contribution in [0.1, 0.15) is 41.8 Å². The van der Waals surface area contributed by atoms with Crippen molar-refractivity contribution in [2.24, 2.45) is 0 Å². The summed E-state index contributed by atoms with van der Waals surface area (Å²) in [6.07, 6.45) is 6.84. The second-order valence-electron chi connectivity index (χ2n) is 13.1. The maximum absolute atomic E-state index is 6.90. The predicted octanol–water partition coefficient (Wildman–Crippen LogP) is 12.7. The topological polar surface area (TPSA) is 16.4 Å². The summed E-state index contributed by atoms with van der Waals surface area (Å²) in [5, 5.41) is 6.30. The van der Waals surface area contributed by atoms with Crippen LogP contribution in [0.15, 0.2) is 126 Å². The molecule has 2 aliphatic rings. The molecule has 0 amide bonds. The Kier molecular flexibility index (Phi) is 5.37. The predicted molar refractivity (Wildman–Crippen MR) is 196 cm³/mol. The van der Waals surface area contributed by atoms with Gasteiger partial charge in [0.25, 0.3) is 0 Å². The van der Waals surface area contributed by atoms with Crippen LogP contribution >= 0.6 is 11.3 Å². The molecule has 0 saturated heterocycles. The summed E-state index contributed by atoms with van der Waals surface area (Å²) < 4.78 is 8.24. The molecular weight excluding hydrogens is 579 g/mol. The van der Waals surface area contributed by atoms with Gasteiger partial charge in [0.05, 0.1) is 16.1 Å². The van der Waals surface area contributed by atoms with Gasteiger partial charge in [-0.25, -0.2) is 0 Å². The van der Waals surface area contributed by atoms with Gasteiger partial charge in [-0.3, -0.25) is 0 Å². The standard InChI is InChI=1S/C43H31NOS/c1-43(2)32-21-13-22-33(38(32)39-40(43)29-18-7-6-17-28(29)37-31-19-8-10-24-35(31)45-41(37)39)44(26-14-4-3-5-15-26)34-23-12-20-30-27-16-9-11-25-36(27)46-42(30)34/h3-8,10-15,17-25H,9,16H2,1-2H3. The van der Waals surface area contributed by atoms with E-state index in [-0.39, 0.29) is 5.41 Å². The lowest BCUT2D eigenvalue weighted by atomic mass is 9.79. The Morgan fingerprint density at radius 1 is 0.674 bits per heavy atom. The monoisotopic (exact) mass is 609 g/mol. The summed E-state index contributed by atoms with van der Waals surface area (Å²) in [6.45, 7) is 4.77. The molecule has 10 rings (SSSR count). The number of allylic oxidation sites excluding steroid dienone is 1. The van der Waals surface area contributed by atoms with Crippen molar-refractivity contribution in [3.8, 4) is 11.1 Å². The van der Waals surface area contributed by atoms with Crippen molar-refractivity contribution in [3.05, 3.63) is 143 Å². The quantitative estimate of drug-likeness (QED) is 0.198. The minimum Gasteiger partial charge on any atom is -0.455 e. The summed E-state index contributed by atoms with van der Waals surface area (Å²) in [6, 6.07) is 42.1. The summed E-state index contributed by atoms with van der Waals surface area (Å²) in [7, 11) is 0. The molecule has 0 atom stereocenters. The third-order valence-electron chi connectivity index (χ3n) is 10.3. The van der Waals surface area contributed by atoms with Gasteiger partial charge in [0.1, 0.15) is 11.2 Å². The number of nitrogens with zero attached hydrogens (tertiary/aromatic N) is 1. The van der Waals surface area contributed by atoms with Gasteiger partial charge in [-0.1, -0.05) is 105 Å². The molecule has 46 heavy (non-hydrogen) atoms. The van der Waals surface area contributed by atoms with E-state index >= 15 is 0 Å². The van der Waals surface area contributed by atoms with Gasteiger partial charge in [-0.15, -0.1) is 11.3 Å². The van der Waals surface area contributed by atoms with Gasteiger partial charge in [-0.05, 0) is 82.1 Å². The van der Waals surface area contributed by atoms with Crippen LogP contribution in [0.2, 0.25) is 0 Å². The molecule has 0 aliphatic heterocycles. The Morgan fingerprint density at radius 2 is 1.39 bits per heavy atom. The molecule has 6 aromatic carbocycles. The number of benzene rings is 6. The highest BCUT2D eigenvalue weighted by molar-refractivity contribution is 7.20. The summed E-state index contributed by atoms with van der Waals surface area (Å²) in [5.74, 6) is 0. The van der Waals surface area contributed by atoms with E-state index in [0.29, 0.717) is 0 Å². The van der Waals surface area contributed by atoms with Gasteiger partial charge >= 0.3 is 0 Å². The van der Waals surface area contributed by atoms with Crippen molar-refractivity contribution in [1.29, 1.82) is 0 Å². The normalized spacial score (nSPS) is 14.7. The first-order valence-corrected chi connectivity index (χ1v) is 17.0. The SMILES string of the molecule is CC1(C)c2cccc(N(c3ccccc3)c3cccc4c5c(sc34)C=CCC5)c2-c2c1c1ccccc1c1c2oc2ccccc21. The number of para-hydroxylation sites is 2. The van der Waals surface area contributed by atoms with E-state index in [1.54, 1.807) is 0 Å². The molecule has 2 heterocycles. The van der Waals surface area contributed by atoms with Crippen LogP contribution in [0.25, 0.3) is 60.0 Å². The number of aryl methyl sites for hydroxylation is 1. The highest BCUT2D eigenvalue weighted by Crippen LogP contribution is 2.60. The number of hydrogen-bond acceptors (Lipinski definition) is 3. The second kappa shape index (κ2) is 9.45. The zero-order chi connectivity index (χ0) is 30.6. The molecular formula is C43H31NOS. The maximum Gasteiger partial charge on any atom is 0.144 e. The van der Waals surface area contributed by atoms with Crippen molar-refractivity contribution in [1.82, 2.24) is 0 Å². The van der Waals surface area contributed by atoms with Crippen LogP contribution < -0.4 is 4.90 Å². The molecule has 0 bridgehead atoms. The average Bonchev–Trinajstić information content (AvgIpc) is 3.75. The largest absolute Gasteiger partial charge is 0.455 e. The maximum atomic E-state index is 6.90. The molecule has 0 spiro atoms. The van der Waals surface area contributed by atoms with Crippen LogP contribution in [0, 0.1) is 0 Å². The molecule has 2 aromatic heterocycles. The molecule has 220 valence electrons. The van der Waals surface area contributed by atoms with Gasteiger partial charge in [0.2, 0.25) is 0 Å². The van der Waals surface area contributed by atoms with E-state index in [0.717, 1.165) is 29.7 Å². The van der Waals surface area contributed by atoms with Crippen LogP contribution in [0.4, 0.5) is 17.1 Å². The zero-order valence-electron chi connectivity index (χ0n) is 25.8. The van der Waals surface area contributed by atoms with Gasteiger partial charge < -0.3 is 9.32 Å². The molecule has 2 aliphatic carbocycles. The van der Waals surface area contributed by atoms with Crippen molar-refractivity contribution in [3.63, 3.8) is 0 Å². The third kappa shape index (κ3) is 3.41. The molecule has 0 fully saturated rings. The number of thiophene rings is 1. The van der Waals surface area contributed by atoms with Crippen molar-refractivity contribution in [2.45, 2.75) is 32.1 Å². The van der Waals surface area contributed by atoms with Gasteiger partial charge in [0.15, 0.2) is 0 Å². The Hall–Kier alpha value is -5.12. The minimum absolute atomic E-state index is 0.228. The van der Waals surface area contributed by atoms with Gasteiger partial charge in [-0.2, -0.15) is 0 Å². The lowest BCUT2D eigenvalue weighted by Gasteiger charge is -2.29. The summed E-state index contributed by atoms with van der Waals surface area (Å²) >= 11 is 1.92. The van der Waals surface area contributed by atoms with Crippen LogP contribution in [-0.4, -0.2) is 0 Å². The van der Waals surface area contributed by atoms with Crippen LogP contribution in [-0.2, 0) is 11.8 Å². The summed E-state index contributed by atoms with van der Waals surface area (Å²) in [4.78, 5) is 3.89. The fraction of sp³-hybridized carbons (Fsp3) is 0.116. The fourth-order valence-electron chi connectivity index (χ4n) is 8.33. The molecule has 0 saturated carbocycles. The highest BCUT2D eigenvalue weighted by atomic mass is 32.1. The van der Waals surface area contributed by atoms with E-state index in [2.05, 4.69) is 146 Å². The first kappa shape index (κ1) is 26.1.